The topological polar surface area (TPSA) is 85.5 Å². The maximum atomic E-state index is 9.93. The summed E-state index contributed by atoms with van der Waals surface area (Å²) in [6.45, 7) is 7.63. The van der Waals surface area contributed by atoms with Crippen LogP contribution in [-0.4, -0.2) is 70.5 Å². The van der Waals surface area contributed by atoms with Gasteiger partial charge in [-0.05, 0) is 26.0 Å². The highest BCUT2D eigenvalue weighted by Gasteiger charge is 2.38. The summed E-state index contributed by atoms with van der Waals surface area (Å²) in [6, 6.07) is 5.96. The number of fused-ring (bicyclic) bond motifs is 1. The summed E-state index contributed by atoms with van der Waals surface area (Å²) in [5, 5.41) is 19.2. The van der Waals surface area contributed by atoms with E-state index in [9.17, 15) is 10.4 Å². The number of nitrogens with zero attached hydrogens (tertiary/aromatic N) is 5. The summed E-state index contributed by atoms with van der Waals surface area (Å²) in [4.78, 5) is 13.3. The second-order valence-corrected chi connectivity index (χ2v) is 7.64. The number of nitriles is 1. The summed E-state index contributed by atoms with van der Waals surface area (Å²) in [7, 11) is 0. The normalized spacial score (nSPS) is 25.7. The Hall–Kier alpha value is -2.27. The fourth-order valence-electron chi connectivity index (χ4n) is 4.07. The number of anilines is 1. The monoisotopic (exact) mass is 353 g/mol. The van der Waals surface area contributed by atoms with Gasteiger partial charge < -0.3 is 14.7 Å². The van der Waals surface area contributed by atoms with E-state index in [4.69, 9.17) is 4.74 Å². The Morgan fingerprint density at radius 1 is 1.27 bits per heavy atom. The molecule has 26 heavy (non-hydrogen) atoms. The molecule has 0 amide bonds. The molecule has 136 valence electrons. The van der Waals surface area contributed by atoms with Crippen LogP contribution in [0.5, 0.6) is 0 Å². The first-order chi connectivity index (χ1) is 12.4. The smallest absolute Gasteiger partial charge is 0.113 e. The average molecular weight is 353 g/mol. The van der Waals surface area contributed by atoms with Gasteiger partial charge in [-0.1, -0.05) is 0 Å². The number of benzene rings is 1. The zero-order valence-corrected chi connectivity index (χ0v) is 15.1. The minimum atomic E-state index is -0.571. The van der Waals surface area contributed by atoms with Crippen LogP contribution in [-0.2, 0) is 4.74 Å². The van der Waals surface area contributed by atoms with Gasteiger partial charge in [0.15, 0.2) is 0 Å². The molecule has 0 bridgehead atoms. The van der Waals surface area contributed by atoms with Crippen molar-refractivity contribution in [1.29, 1.82) is 5.26 Å². The number of ether oxygens (including phenoxy) is 1. The minimum absolute atomic E-state index is 0.0669. The van der Waals surface area contributed by atoms with E-state index in [0.29, 0.717) is 24.2 Å². The molecule has 1 N–H and O–H groups in total. The Kier molecular flexibility index (Phi) is 4.27. The van der Waals surface area contributed by atoms with Crippen LogP contribution in [0, 0.1) is 11.3 Å². The maximum absolute atomic E-state index is 9.93. The lowest BCUT2D eigenvalue weighted by atomic mass is 9.96. The molecule has 2 aliphatic heterocycles. The molecule has 1 unspecified atom stereocenters. The lowest BCUT2D eigenvalue weighted by Gasteiger charge is -2.47. The van der Waals surface area contributed by atoms with Crippen LogP contribution in [0.15, 0.2) is 24.5 Å². The van der Waals surface area contributed by atoms with Crippen molar-refractivity contribution >= 4 is 16.7 Å². The zero-order chi connectivity index (χ0) is 18.3. The van der Waals surface area contributed by atoms with E-state index in [-0.39, 0.29) is 12.2 Å². The van der Waals surface area contributed by atoms with E-state index in [0.717, 1.165) is 30.8 Å². The standard InChI is InChI=1S/C19H23N5O2/c1-13-8-24(10-15(26-13)9-23-11-19(2,25)12-23)16-4-3-14(7-20)17-18(16)22-6-5-21-17/h3-6,13,15,25H,8-12H2,1-2H3/t13-,15?/m1/s1. The first-order valence-corrected chi connectivity index (χ1v) is 8.94. The average Bonchev–Trinajstić information content (AvgIpc) is 2.58. The van der Waals surface area contributed by atoms with E-state index in [1.54, 1.807) is 12.4 Å². The third kappa shape index (κ3) is 3.23. The van der Waals surface area contributed by atoms with Crippen molar-refractivity contribution in [3.05, 3.63) is 30.1 Å². The highest BCUT2D eigenvalue weighted by molar-refractivity contribution is 5.92. The van der Waals surface area contributed by atoms with Crippen molar-refractivity contribution in [2.75, 3.05) is 37.6 Å². The summed E-state index contributed by atoms with van der Waals surface area (Å²) in [6.07, 6.45) is 3.44. The van der Waals surface area contributed by atoms with Crippen molar-refractivity contribution in [2.45, 2.75) is 31.7 Å². The lowest BCUT2D eigenvalue weighted by molar-refractivity contribution is -0.111. The number of β-amino-alcohol motifs (C(OH)–C–C–N with tert-alkyl or cyclic N) is 1. The Bertz CT molecular complexity index is 855. The van der Waals surface area contributed by atoms with Gasteiger partial charge in [-0.25, -0.2) is 0 Å². The van der Waals surface area contributed by atoms with Crippen LogP contribution < -0.4 is 4.90 Å². The molecule has 2 aromatic rings. The molecule has 1 aromatic heterocycles. The number of aliphatic hydroxyl groups is 1. The number of likely N-dealkylation sites (tertiary alicyclic amines) is 1. The van der Waals surface area contributed by atoms with E-state index in [1.165, 1.54) is 0 Å². The highest BCUT2D eigenvalue weighted by Crippen LogP contribution is 2.29. The molecular weight excluding hydrogens is 330 g/mol. The third-order valence-corrected chi connectivity index (χ3v) is 4.98. The van der Waals surface area contributed by atoms with Crippen LogP contribution in [0.3, 0.4) is 0 Å². The molecule has 0 aliphatic carbocycles. The molecule has 0 radical (unpaired) electrons. The van der Waals surface area contributed by atoms with Gasteiger partial charge in [-0.15, -0.1) is 0 Å². The molecule has 7 heteroatoms. The number of rotatable bonds is 3. The van der Waals surface area contributed by atoms with Gasteiger partial charge in [0.05, 0.1) is 29.1 Å². The van der Waals surface area contributed by atoms with Crippen molar-refractivity contribution in [2.24, 2.45) is 0 Å². The molecule has 7 nitrogen and oxygen atoms in total. The van der Waals surface area contributed by atoms with Crippen LogP contribution >= 0.6 is 0 Å². The lowest BCUT2D eigenvalue weighted by Crippen LogP contribution is -2.63. The third-order valence-electron chi connectivity index (χ3n) is 4.98. The first-order valence-electron chi connectivity index (χ1n) is 8.94. The van der Waals surface area contributed by atoms with Crippen molar-refractivity contribution < 1.29 is 9.84 Å². The molecular formula is C19H23N5O2. The number of hydrogen-bond donors (Lipinski definition) is 1. The molecule has 4 rings (SSSR count). The van der Waals surface area contributed by atoms with E-state index in [1.807, 2.05) is 19.1 Å². The van der Waals surface area contributed by atoms with E-state index >= 15 is 0 Å². The van der Waals surface area contributed by atoms with Gasteiger partial charge in [0.2, 0.25) is 0 Å². The summed E-state index contributed by atoms with van der Waals surface area (Å²) < 4.78 is 6.12. The van der Waals surface area contributed by atoms with E-state index in [2.05, 4.69) is 32.8 Å². The fraction of sp³-hybridized carbons (Fsp3) is 0.526. The van der Waals surface area contributed by atoms with Gasteiger partial charge in [0, 0.05) is 45.1 Å². The Labute approximate surface area is 152 Å². The molecule has 2 aliphatic rings. The molecule has 2 saturated heterocycles. The Morgan fingerprint density at radius 3 is 2.69 bits per heavy atom. The van der Waals surface area contributed by atoms with Crippen LogP contribution in [0.2, 0.25) is 0 Å². The largest absolute Gasteiger partial charge is 0.388 e. The first kappa shape index (κ1) is 17.2. The minimum Gasteiger partial charge on any atom is -0.388 e. The van der Waals surface area contributed by atoms with Gasteiger partial charge in [-0.2, -0.15) is 5.26 Å². The zero-order valence-electron chi connectivity index (χ0n) is 15.1. The molecule has 3 heterocycles. The van der Waals surface area contributed by atoms with Crippen LogP contribution in [0.4, 0.5) is 5.69 Å². The van der Waals surface area contributed by atoms with Crippen molar-refractivity contribution in [3.8, 4) is 6.07 Å². The quantitative estimate of drug-likeness (QED) is 0.886. The van der Waals surface area contributed by atoms with Gasteiger partial charge in [-0.3, -0.25) is 14.9 Å². The second-order valence-electron chi connectivity index (χ2n) is 7.64. The van der Waals surface area contributed by atoms with Gasteiger partial charge >= 0.3 is 0 Å². The Morgan fingerprint density at radius 2 is 2.00 bits per heavy atom. The van der Waals surface area contributed by atoms with Crippen LogP contribution in [0.1, 0.15) is 19.4 Å². The predicted octanol–water partition coefficient (Wildman–Crippen LogP) is 1.16. The maximum Gasteiger partial charge on any atom is 0.113 e. The van der Waals surface area contributed by atoms with Gasteiger partial charge in [0.25, 0.3) is 0 Å². The predicted molar refractivity (Wildman–Crippen MR) is 97.9 cm³/mol. The van der Waals surface area contributed by atoms with Crippen molar-refractivity contribution in [3.63, 3.8) is 0 Å². The molecule has 0 spiro atoms. The van der Waals surface area contributed by atoms with E-state index < -0.39 is 5.60 Å². The molecule has 1 aromatic carbocycles. The van der Waals surface area contributed by atoms with Crippen LogP contribution in [0.25, 0.3) is 11.0 Å². The number of morpholine rings is 1. The summed E-state index contributed by atoms with van der Waals surface area (Å²) >= 11 is 0. The van der Waals surface area contributed by atoms with Crippen molar-refractivity contribution in [1.82, 2.24) is 14.9 Å². The highest BCUT2D eigenvalue weighted by atomic mass is 16.5. The SMILES string of the molecule is C[C@@H]1CN(c2ccc(C#N)c3nccnc23)CC(CN2CC(C)(O)C2)O1. The summed E-state index contributed by atoms with van der Waals surface area (Å²) in [5.41, 5.74) is 2.35. The van der Waals surface area contributed by atoms with Gasteiger partial charge in [0.1, 0.15) is 17.1 Å². The Balaban J connectivity index is 1.57. The summed E-state index contributed by atoms with van der Waals surface area (Å²) in [5.74, 6) is 0. The molecule has 2 fully saturated rings. The number of aromatic nitrogens is 2. The molecule has 2 atom stereocenters. The fourth-order valence-corrected chi connectivity index (χ4v) is 4.07. The molecule has 0 saturated carbocycles. The second kappa shape index (κ2) is 6.47. The number of hydrogen-bond acceptors (Lipinski definition) is 7.